The van der Waals surface area contributed by atoms with E-state index in [9.17, 15) is 19.1 Å². The van der Waals surface area contributed by atoms with Gasteiger partial charge in [-0.05, 0) is 92.7 Å². The lowest BCUT2D eigenvalue weighted by Gasteiger charge is -2.59. The van der Waals surface area contributed by atoms with E-state index in [1.54, 1.807) is 19.1 Å². The van der Waals surface area contributed by atoms with Crippen LogP contribution in [-0.2, 0) is 9.59 Å². The second kappa shape index (κ2) is 6.84. The number of hydrogen-bond acceptors (Lipinski definition) is 3. The molecule has 1 N–H and O–H groups in total. The van der Waals surface area contributed by atoms with Gasteiger partial charge in [0.15, 0.2) is 11.6 Å². The molecular weight excluding hydrogens is 391 g/mol. The van der Waals surface area contributed by atoms with Gasteiger partial charge in [0, 0.05) is 17.4 Å². The summed E-state index contributed by atoms with van der Waals surface area (Å²) in [5, 5.41) is 11.3. The van der Waals surface area contributed by atoms with Crippen molar-refractivity contribution >= 4 is 17.1 Å². The molecule has 0 bridgehead atoms. The van der Waals surface area contributed by atoms with Gasteiger partial charge in [-0.2, -0.15) is 0 Å². The third-order valence-electron chi connectivity index (χ3n) is 9.99. The number of benzene rings is 1. The van der Waals surface area contributed by atoms with Crippen molar-refractivity contribution in [2.24, 2.45) is 28.6 Å². The second-order valence-corrected chi connectivity index (χ2v) is 11.0. The zero-order valence-electron chi connectivity index (χ0n) is 18.8. The number of Topliss-reactive ketones (excluding diaryl/α,β-unsaturated/α-hetero) is 2. The minimum Gasteiger partial charge on any atom is -0.382 e. The maximum atomic E-state index is 13.5. The number of aliphatic hydroxyl groups is 1. The van der Waals surface area contributed by atoms with Crippen LogP contribution in [0.1, 0.15) is 77.7 Å². The van der Waals surface area contributed by atoms with Gasteiger partial charge < -0.3 is 5.11 Å². The molecule has 0 aromatic heterocycles. The molecule has 0 radical (unpaired) electrons. The lowest BCUT2D eigenvalue weighted by atomic mass is 9.45. The molecule has 0 spiro atoms. The fourth-order valence-electron chi connectivity index (χ4n) is 8.26. The average Bonchev–Trinajstić information content (AvgIpc) is 3.02. The first-order chi connectivity index (χ1) is 14.6. The highest BCUT2D eigenvalue weighted by atomic mass is 19.1. The standard InChI is InChI=1S/C27H33FO3/c1-16(29)27(31)15-11-21-19-8-9-22-24(17-4-6-18(28)7-5-17)23(30)12-13-25(22,2)20(19)10-14-26(21,27)3/h4-7,19-21,31H,8-15H2,1-3H3/t19-,20+,21+,25-,26+,27+/m1/s1. The number of rotatable bonds is 2. The molecule has 4 aliphatic rings. The van der Waals surface area contributed by atoms with Crippen molar-refractivity contribution in [2.75, 3.05) is 0 Å². The number of fused-ring (bicyclic) bond motifs is 5. The molecule has 0 unspecified atom stereocenters. The maximum Gasteiger partial charge on any atom is 0.163 e. The average molecular weight is 425 g/mol. The van der Waals surface area contributed by atoms with Crippen molar-refractivity contribution < 1.29 is 19.1 Å². The van der Waals surface area contributed by atoms with Crippen LogP contribution in [0.25, 0.3) is 5.57 Å². The van der Waals surface area contributed by atoms with Crippen LogP contribution in [0.4, 0.5) is 4.39 Å². The van der Waals surface area contributed by atoms with E-state index in [4.69, 9.17) is 0 Å². The first-order valence-electron chi connectivity index (χ1n) is 11.9. The summed E-state index contributed by atoms with van der Waals surface area (Å²) in [6.45, 7) is 6.03. The van der Waals surface area contributed by atoms with Crippen molar-refractivity contribution in [1.82, 2.24) is 0 Å². The molecule has 0 saturated heterocycles. The number of carbonyl (C=O) groups excluding carboxylic acids is 2. The van der Waals surface area contributed by atoms with E-state index >= 15 is 0 Å². The van der Waals surface area contributed by atoms with Gasteiger partial charge in [-0.3, -0.25) is 9.59 Å². The van der Waals surface area contributed by atoms with Gasteiger partial charge >= 0.3 is 0 Å². The highest BCUT2D eigenvalue weighted by molar-refractivity contribution is 6.22. The van der Waals surface area contributed by atoms with Gasteiger partial charge in [0.2, 0.25) is 0 Å². The molecule has 166 valence electrons. The van der Waals surface area contributed by atoms with Crippen molar-refractivity contribution in [3.63, 3.8) is 0 Å². The summed E-state index contributed by atoms with van der Waals surface area (Å²) >= 11 is 0. The van der Waals surface area contributed by atoms with Crippen molar-refractivity contribution in [3.8, 4) is 0 Å². The lowest BCUT2D eigenvalue weighted by Crippen LogP contribution is -2.57. The summed E-state index contributed by atoms with van der Waals surface area (Å²) in [6, 6.07) is 6.38. The Morgan fingerprint density at radius 2 is 1.68 bits per heavy atom. The molecular formula is C27H33FO3. The van der Waals surface area contributed by atoms with E-state index in [1.165, 1.54) is 17.7 Å². The van der Waals surface area contributed by atoms with Gasteiger partial charge in [0.05, 0.1) is 0 Å². The molecule has 31 heavy (non-hydrogen) atoms. The summed E-state index contributed by atoms with van der Waals surface area (Å²) in [6.07, 6.45) is 6.61. The van der Waals surface area contributed by atoms with Crippen LogP contribution in [-0.4, -0.2) is 22.3 Å². The van der Waals surface area contributed by atoms with Crippen molar-refractivity contribution in [2.45, 2.75) is 77.7 Å². The first-order valence-corrected chi connectivity index (χ1v) is 11.9. The topological polar surface area (TPSA) is 54.4 Å². The van der Waals surface area contributed by atoms with E-state index in [-0.39, 0.29) is 28.2 Å². The second-order valence-electron chi connectivity index (χ2n) is 11.0. The quantitative estimate of drug-likeness (QED) is 0.682. The van der Waals surface area contributed by atoms with E-state index < -0.39 is 5.60 Å². The number of allylic oxidation sites excluding steroid dienone is 1. The summed E-state index contributed by atoms with van der Waals surface area (Å²) in [4.78, 5) is 25.4. The number of hydrogen-bond donors (Lipinski definition) is 1. The molecule has 4 aliphatic carbocycles. The summed E-state index contributed by atoms with van der Waals surface area (Å²) in [7, 11) is 0. The van der Waals surface area contributed by atoms with Gasteiger partial charge in [0.25, 0.3) is 0 Å². The summed E-state index contributed by atoms with van der Waals surface area (Å²) in [5.41, 5.74) is 1.35. The monoisotopic (exact) mass is 424 g/mol. The van der Waals surface area contributed by atoms with Crippen molar-refractivity contribution in [1.29, 1.82) is 0 Å². The zero-order valence-corrected chi connectivity index (χ0v) is 18.8. The van der Waals surface area contributed by atoms with Crippen LogP contribution in [0, 0.1) is 34.4 Å². The van der Waals surface area contributed by atoms with Crippen LogP contribution in [0.2, 0.25) is 0 Å². The van der Waals surface area contributed by atoms with Crippen LogP contribution < -0.4 is 0 Å². The van der Waals surface area contributed by atoms with Crippen LogP contribution in [0.15, 0.2) is 29.8 Å². The molecule has 6 atom stereocenters. The minimum atomic E-state index is -1.19. The molecule has 0 amide bonds. The van der Waals surface area contributed by atoms with E-state index in [0.717, 1.165) is 49.7 Å². The summed E-state index contributed by atoms with van der Waals surface area (Å²) < 4.78 is 13.5. The fourth-order valence-corrected chi connectivity index (χ4v) is 8.26. The molecule has 3 fully saturated rings. The van der Waals surface area contributed by atoms with Crippen LogP contribution in [0.3, 0.4) is 0 Å². The zero-order chi connectivity index (χ0) is 22.2. The third kappa shape index (κ3) is 2.73. The Hall–Kier alpha value is -1.81. The molecule has 1 aromatic carbocycles. The molecule has 3 nitrogen and oxygen atoms in total. The Morgan fingerprint density at radius 3 is 2.35 bits per heavy atom. The molecule has 0 heterocycles. The minimum absolute atomic E-state index is 0.0429. The predicted molar refractivity (Wildman–Crippen MR) is 118 cm³/mol. The highest BCUT2D eigenvalue weighted by Crippen LogP contribution is 2.68. The maximum absolute atomic E-state index is 13.5. The fraction of sp³-hybridized carbons (Fsp3) is 0.630. The molecule has 4 heteroatoms. The van der Waals surface area contributed by atoms with E-state index in [2.05, 4.69) is 13.8 Å². The normalized spacial score (nSPS) is 42.1. The number of carbonyl (C=O) groups is 2. The van der Waals surface area contributed by atoms with E-state index in [0.29, 0.717) is 30.6 Å². The Bertz CT molecular complexity index is 979. The molecule has 5 rings (SSSR count). The Labute approximate surface area is 184 Å². The Kier molecular flexibility index (Phi) is 4.65. The van der Waals surface area contributed by atoms with Crippen LogP contribution >= 0.6 is 0 Å². The molecule has 3 saturated carbocycles. The summed E-state index contributed by atoms with van der Waals surface area (Å²) in [5.74, 6) is 1.11. The van der Waals surface area contributed by atoms with Gasteiger partial charge in [0.1, 0.15) is 11.4 Å². The largest absolute Gasteiger partial charge is 0.382 e. The van der Waals surface area contributed by atoms with Gasteiger partial charge in [-0.1, -0.05) is 31.6 Å². The van der Waals surface area contributed by atoms with Gasteiger partial charge in [-0.15, -0.1) is 0 Å². The number of ketones is 2. The predicted octanol–water partition coefficient (Wildman–Crippen LogP) is 5.50. The number of halogens is 1. The SMILES string of the molecule is CC(=O)[C@@]1(O)CC[C@H]2[C@@H]3CCC4=C(c5ccc(F)cc5)C(=O)CC[C@]4(C)[C@H]3CC[C@@]21C. The highest BCUT2D eigenvalue weighted by Gasteiger charge is 2.65. The van der Waals surface area contributed by atoms with E-state index in [1.807, 2.05) is 0 Å². The van der Waals surface area contributed by atoms with Crippen molar-refractivity contribution in [3.05, 3.63) is 41.2 Å². The molecule has 1 aromatic rings. The Morgan fingerprint density at radius 1 is 1.00 bits per heavy atom. The van der Waals surface area contributed by atoms with Gasteiger partial charge in [-0.25, -0.2) is 4.39 Å². The smallest absolute Gasteiger partial charge is 0.163 e. The third-order valence-corrected chi connectivity index (χ3v) is 9.99. The van der Waals surface area contributed by atoms with Crippen LogP contribution in [0.5, 0.6) is 0 Å². The first kappa shape index (κ1) is 21.1. The molecule has 0 aliphatic heterocycles. The lowest BCUT2D eigenvalue weighted by molar-refractivity contribution is -0.160. The Balaban J connectivity index is 1.55.